The number of methoxy groups -OCH3 is 1. The molecule has 0 aromatic heterocycles. The third-order valence-corrected chi connectivity index (χ3v) is 6.05. The van der Waals surface area contributed by atoms with Crippen LogP contribution in [0.3, 0.4) is 0 Å². The molecule has 0 aliphatic carbocycles. The predicted octanol–water partition coefficient (Wildman–Crippen LogP) is 4.57. The van der Waals surface area contributed by atoms with Crippen LogP contribution < -0.4 is 10.1 Å². The van der Waals surface area contributed by atoms with E-state index in [0.29, 0.717) is 18.8 Å². The predicted molar refractivity (Wildman–Crippen MR) is 128 cm³/mol. The van der Waals surface area contributed by atoms with E-state index >= 15 is 0 Å². The minimum atomic E-state index is -0.546. The lowest BCUT2D eigenvalue weighted by atomic mass is 10.1. The first kappa shape index (κ1) is 24.8. The lowest BCUT2D eigenvalue weighted by molar-refractivity contribution is -0.138. The number of nitrogens with zero attached hydrogens (tertiary/aromatic N) is 1. The van der Waals surface area contributed by atoms with E-state index in [4.69, 9.17) is 4.74 Å². The number of ether oxygens (including phenoxy) is 1. The minimum Gasteiger partial charge on any atom is -0.497 e. The fourth-order valence-corrected chi connectivity index (χ4v) is 4.09. The van der Waals surface area contributed by atoms with Crippen LogP contribution in [0.15, 0.2) is 48.5 Å². The maximum Gasteiger partial charge on any atom is 0.242 e. The zero-order chi connectivity index (χ0) is 22.6. The highest BCUT2D eigenvalue weighted by Crippen LogP contribution is 2.19. The topological polar surface area (TPSA) is 58.6 Å². The van der Waals surface area contributed by atoms with Gasteiger partial charge in [-0.2, -0.15) is 0 Å². The van der Waals surface area contributed by atoms with Gasteiger partial charge in [-0.15, -0.1) is 11.8 Å². The summed E-state index contributed by atoms with van der Waals surface area (Å²) in [6.45, 7) is 6.94. The van der Waals surface area contributed by atoms with E-state index in [1.54, 1.807) is 30.7 Å². The lowest BCUT2D eigenvalue weighted by Crippen LogP contribution is -2.48. The molecule has 0 saturated carbocycles. The van der Waals surface area contributed by atoms with Gasteiger partial charge in [-0.1, -0.05) is 55.3 Å². The van der Waals surface area contributed by atoms with Crippen molar-refractivity contribution in [3.8, 4) is 5.75 Å². The molecule has 1 N–H and O–H groups in total. The second-order valence-electron chi connectivity index (χ2n) is 7.68. The molecule has 2 aromatic rings. The van der Waals surface area contributed by atoms with Crippen LogP contribution in [0.2, 0.25) is 0 Å². The lowest BCUT2D eigenvalue weighted by Gasteiger charge is -2.29. The van der Waals surface area contributed by atoms with Gasteiger partial charge in [0.2, 0.25) is 11.8 Å². The number of carbonyl (C=O) groups is 2. The van der Waals surface area contributed by atoms with E-state index in [-0.39, 0.29) is 11.8 Å². The van der Waals surface area contributed by atoms with E-state index < -0.39 is 6.04 Å². The molecule has 0 spiro atoms. The van der Waals surface area contributed by atoms with E-state index in [1.807, 2.05) is 30.3 Å². The largest absolute Gasteiger partial charge is 0.497 e. The second kappa shape index (κ2) is 13.1. The van der Waals surface area contributed by atoms with Gasteiger partial charge < -0.3 is 15.0 Å². The Morgan fingerprint density at radius 2 is 1.87 bits per heavy atom. The Balaban J connectivity index is 2.07. The molecule has 0 unspecified atom stereocenters. The third-order valence-electron chi connectivity index (χ3n) is 5.06. The van der Waals surface area contributed by atoms with Gasteiger partial charge in [0.1, 0.15) is 11.8 Å². The third kappa shape index (κ3) is 8.29. The number of hydrogen-bond donors (Lipinski definition) is 1. The van der Waals surface area contributed by atoms with Gasteiger partial charge in [0, 0.05) is 18.8 Å². The number of nitrogens with one attached hydrogen (secondary N) is 1. The van der Waals surface area contributed by atoms with Crippen LogP contribution in [0.1, 0.15) is 43.4 Å². The maximum absolute atomic E-state index is 13.1. The molecule has 2 amide bonds. The van der Waals surface area contributed by atoms with Crippen molar-refractivity contribution >= 4 is 23.6 Å². The first-order valence-electron chi connectivity index (χ1n) is 10.8. The maximum atomic E-state index is 13.1. The van der Waals surface area contributed by atoms with Crippen LogP contribution in [0.5, 0.6) is 5.75 Å². The van der Waals surface area contributed by atoms with Crippen molar-refractivity contribution in [2.24, 2.45) is 0 Å². The fourth-order valence-electron chi connectivity index (χ4n) is 3.23. The molecule has 0 bridgehead atoms. The van der Waals surface area contributed by atoms with E-state index in [0.717, 1.165) is 29.9 Å². The number of hydrogen-bond acceptors (Lipinski definition) is 4. The number of carbonyl (C=O) groups excluding carboxylic acids is 2. The van der Waals surface area contributed by atoms with Crippen LogP contribution in [0.25, 0.3) is 0 Å². The number of rotatable bonds is 12. The average Bonchev–Trinajstić information content (AvgIpc) is 2.77. The van der Waals surface area contributed by atoms with Gasteiger partial charge in [-0.25, -0.2) is 0 Å². The van der Waals surface area contributed by atoms with Crippen molar-refractivity contribution in [2.45, 2.75) is 52.0 Å². The molecule has 0 saturated heterocycles. The molecular weight excluding hydrogens is 408 g/mol. The zero-order valence-corrected chi connectivity index (χ0v) is 19.8. The second-order valence-corrected chi connectivity index (χ2v) is 8.66. The molecule has 0 heterocycles. The molecule has 0 aliphatic rings. The summed E-state index contributed by atoms with van der Waals surface area (Å²) in [7, 11) is 1.62. The highest BCUT2D eigenvalue weighted by atomic mass is 32.2. The number of benzene rings is 2. The Hall–Kier alpha value is -2.47. The summed E-state index contributed by atoms with van der Waals surface area (Å²) in [5.74, 6) is 1.66. The van der Waals surface area contributed by atoms with Crippen molar-refractivity contribution in [3.63, 3.8) is 0 Å². The Bertz CT molecular complexity index is 856. The van der Waals surface area contributed by atoms with Gasteiger partial charge in [-0.05, 0) is 43.5 Å². The molecule has 1 atom stereocenters. The Kier molecular flexibility index (Phi) is 10.4. The van der Waals surface area contributed by atoms with E-state index in [2.05, 4.69) is 37.4 Å². The van der Waals surface area contributed by atoms with Crippen LogP contribution in [0.4, 0.5) is 0 Å². The smallest absolute Gasteiger partial charge is 0.242 e. The molecule has 6 heteroatoms. The average molecular weight is 443 g/mol. The summed E-state index contributed by atoms with van der Waals surface area (Å²) in [5.41, 5.74) is 3.34. The first-order chi connectivity index (χ1) is 14.9. The Morgan fingerprint density at radius 3 is 2.58 bits per heavy atom. The van der Waals surface area contributed by atoms with Crippen molar-refractivity contribution in [2.75, 3.05) is 19.4 Å². The highest BCUT2D eigenvalue weighted by Gasteiger charge is 2.26. The number of thioether (sulfide) groups is 1. The number of amides is 2. The van der Waals surface area contributed by atoms with Gasteiger partial charge in [0.15, 0.2) is 0 Å². The van der Waals surface area contributed by atoms with Gasteiger partial charge >= 0.3 is 0 Å². The Morgan fingerprint density at radius 1 is 1.13 bits per heavy atom. The van der Waals surface area contributed by atoms with E-state index in [1.165, 1.54) is 11.1 Å². The van der Waals surface area contributed by atoms with Gasteiger partial charge in [0.05, 0.1) is 12.9 Å². The molecule has 0 fully saturated rings. The fraction of sp³-hybridized carbons (Fsp3) is 0.440. The molecule has 2 rings (SSSR count). The summed E-state index contributed by atoms with van der Waals surface area (Å²) >= 11 is 1.57. The summed E-state index contributed by atoms with van der Waals surface area (Å²) in [4.78, 5) is 27.5. The van der Waals surface area contributed by atoms with Gasteiger partial charge in [0.25, 0.3) is 0 Å². The monoisotopic (exact) mass is 442 g/mol. The van der Waals surface area contributed by atoms with Crippen molar-refractivity contribution in [3.05, 3.63) is 65.2 Å². The van der Waals surface area contributed by atoms with Crippen LogP contribution >= 0.6 is 11.8 Å². The number of unbranched alkanes of at least 4 members (excludes halogenated alkanes) is 1. The van der Waals surface area contributed by atoms with Crippen LogP contribution in [-0.2, 0) is 21.9 Å². The highest BCUT2D eigenvalue weighted by molar-refractivity contribution is 7.99. The van der Waals surface area contributed by atoms with E-state index in [9.17, 15) is 9.59 Å². The van der Waals surface area contributed by atoms with Crippen molar-refractivity contribution in [1.82, 2.24) is 10.2 Å². The molecular formula is C25H34N2O3S. The molecule has 168 valence electrons. The summed E-state index contributed by atoms with van der Waals surface area (Å²) in [6, 6.07) is 15.4. The SMILES string of the molecule is CCCCNC(=O)[C@@H](C)N(Cc1cccc(OC)c1)C(=O)CSCc1cccc(C)c1. The Labute approximate surface area is 190 Å². The normalized spacial score (nSPS) is 11.6. The molecule has 31 heavy (non-hydrogen) atoms. The van der Waals surface area contributed by atoms with Crippen LogP contribution in [-0.4, -0.2) is 42.2 Å². The first-order valence-corrected chi connectivity index (χ1v) is 11.9. The molecule has 0 radical (unpaired) electrons. The van der Waals surface area contributed by atoms with Gasteiger partial charge in [-0.3, -0.25) is 9.59 Å². The molecule has 0 aliphatic heterocycles. The summed E-state index contributed by atoms with van der Waals surface area (Å²) in [5, 5.41) is 2.95. The van der Waals surface area contributed by atoms with Crippen molar-refractivity contribution in [1.29, 1.82) is 0 Å². The molecule has 2 aromatic carbocycles. The van der Waals surface area contributed by atoms with Crippen molar-refractivity contribution < 1.29 is 14.3 Å². The zero-order valence-electron chi connectivity index (χ0n) is 19.0. The quantitative estimate of drug-likeness (QED) is 0.489. The minimum absolute atomic E-state index is 0.0429. The standard InChI is InChI=1S/C25H34N2O3S/c1-5-6-13-26-25(29)20(3)27(16-21-10-8-12-23(15-21)30-4)24(28)18-31-17-22-11-7-9-19(2)14-22/h7-12,14-15,20H,5-6,13,16-18H2,1-4H3,(H,26,29)/t20-/m1/s1. The summed E-state index contributed by atoms with van der Waals surface area (Å²) in [6.07, 6.45) is 1.94. The van der Waals surface area contributed by atoms with Crippen LogP contribution in [0, 0.1) is 6.92 Å². The molecule has 5 nitrogen and oxygen atoms in total. The number of aryl methyl sites for hydroxylation is 1. The summed E-state index contributed by atoms with van der Waals surface area (Å²) < 4.78 is 5.31.